The van der Waals surface area contributed by atoms with Crippen molar-refractivity contribution in [1.29, 1.82) is 0 Å². The Bertz CT molecular complexity index is 549. The molecule has 1 aromatic rings. The number of benzene rings is 1. The standard InChI is InChI=1S/C15H19BrN2O3S/c1-3-21-15(20)7-11(2)17-18-14(19)10-22-9-12-5-4-6-13(16)8-12/h4-6,8H,3,7,9-10H2,1-2H3,(H,18,19)/b17-11-. The summed E-state index contributed by atoms with van der Waals surface area (Å²) >= 11 is 4.91. The number of halogens is 1. The first-order valence-electron chi connectivity index (χ1n) is 6.81. The average Bonchev–Trinajstić information content (AvgIpc) is 2.45. The van der Waals surface area contributed by atoms with Gasteiger partial charge < -0.3 is 4.74 Å². The Morgan fingerprint density at radius 1 is 1.41 bits per heavy atom. The van der Waals surface area contributed by atoms with Crippen molar-refractivity contribution in [2.45, 2.75) is 26.0 Å². The van der Waals surface area contributed by atoms with Crippen LogP contribution in [0.5, 0.6) is 0 Å². The van der Waals surface area contributed by atoms with Crippen LogP contribution in [0.25, 0.3) is 0 Å². The molecule has 22 heavy (non-hydrogen) atoms. The lowest BCUT2D eigenvalue weighted by Crippen LogP contribution is -2.22. The van der Waals surface area contributed by atoms with Crippen LogP contribution in [0.1, 0.15) is 25.8 Å². The second kappa shape index (κ2) is 10.4. The number of rotatable bonds is 8. The summed E-state index contributed by atoms with van der Waals surface area (Å²) in [6, 6.07) is 7.95. The first-order chi connectivity index (χ1) is 10.5. The number of ether oxygens (including phenoxy) is 1. The number of hydrogen-bond donors (Lipinski definition) is 1. The van der Waals surface area contributed by atoms with Gasteiger partial charge in [0.25, 0.3) is 0 Å². The van der Waals surface area contributed by atoms with Gasteiger partial charge in [-0.25, -0.2) is 5.43 Å². The molecule has 0 aliphatic heterocycles. The SMILES string of the molecule is CCOC(=O)C/C(C)=N\NC(=O)CSCc1cccc(Br)c1. The molecule has 0 saturated heterocycles. The third-order valence-electron chi connectivity index (χ3n) is 2.47. The highest BCUT2D eigenvalue weighted by Gasteiger charge is 2.05. The number of amides is 1. The van der Waals surface area contributed by atoms with Gasteiger partial charge in [0.1, 0.15) is 0 Å². The van der Waals surface area contributed by atoms with Crippen LogP contribution >= 0.6 is 27.7 Å². The second-order valence-electron chi connectivity index (χ2n) is 4.49. The number of thioether (sulfide) groups is 1. The van der Waals surface area contributed by atoms with Crippen molar-refractivity contribution in [2.24, 2.45) is 5.10 Å². The predicted molar refractivity (Wildman–Crippen MR) is 92.8 cm³/mol. The molecule has 0 bridgehead atoms. The molecular formula is C15H19BrN2O3S. The number of esters is 1. The highest BCUT2D eigenvalue weighted by atomic mass is 79.9. The van der Waals surface area contributed by atoms with Gasteiger partial charge in [-0.1, -0.05) is 28.1 Å². The minimum Gasteiger partial charge on any atom is -0.466 e. The van der Waals surface area contributed by atoms with Crippen molar-refractivity contribution >= 4 is 45.3 Å². The Labute approximate surface area is 143 Å². The molecule has 0 aliphatic carbocycles. The van der Waals surface area contributed by atoms with E-state index in [2.05, 4.69) is 26.5 Å². The van der Waals surface area contributed by atoms with E-state index in [-0.39, 0.29) is 18.3 Å². The molecule has 0 atom stereocenters. The fourth-order valence-corrected chi connectivity index (χ4v) is 2.75. The van der Waals surface area contributed by atoms with Crippen molar-refractivity contribution in [3.63, 3.8) is 0 Å². The van der Waals surface area contributed by atoms with Gasteiger partial charge in [0.05, 0.1) is 18.8 Å². The zero-order valence-electron chi connectivity index (χ0n) is 12.6. The Kier molecular flexibility index (Phi) is 8.84. The summed E-state index contributed by atoms with van der Waals surface area (Å²) in [5.41, 5.74) is 4.10. The van der Waals surface area contributed by atoms with Crippen molar-refractivity contribution in [3.05, 3.63) is 34.3 Å². The van der Waals surface area contributed by atoms with Gasteiger partial charge >= 0.3 is 5.97 Å². The van der Waals surface area contributed by atoms with Crippen LogP contribution in [-0.4, -0.2) is 29.9 Å². The highest BCUT2D eigenvalue weighted by molar-refractivity contribution is 9.10. The lowest BCUT2D eigenvalue weighted by molar-refractivity contribution is -0.141. The van der Waals surface area contributed by atoms with E-state index < -0.39 is 0 Å². The summed E-state index contributed by atoms with van der Waals surface area (Å²) < 4.78 is 5.82. The molecule has 0 aromatic heterocycles. The molecule has 0 radical (unpaired) electrons. The largest absolute Gasteiger partial charge is 0.466 e. The van der Waals surface area contributed by atoms with E-state index in [1.807, 2.05) is 24.3 Å². The molecule has 120 valence electrons. The monoisotopic (exact) mass is 386 g/mol. The summed E-state index contributed by atoms with van der Waals surface area (Å²) in [5, 5.41) is 3.88. The molecule has 1 N–H and O–H groups in total. The maximum Gasteiger partial charge on any atom is 0.311 e. The summed E-state index contributed by atoms with van der Waals surface area (Å²) in [7, 11) is 0. The zero-order chi connectivity index (χ0) is 16.4. The molecule has 0 fully saturated rings. The number of nitrogens with zero attached hydrogens (tertiary/aromatic N) is 1. The average molecular weight is 387 g/mol. The van der Waals surface area contributed by atoms with Gasteiger partial charge in [0.15, 0.2) is 0 Å². The first kappa shape index (κ1) is 18.7. The van der Waals surface area contributed by atoms with E-state index in [1.165, 1.54) is 11.8 Å². The van der Waals surface area contributed by atoms with Gasteiger partial charge in [-0.05, 0) is 31.5 Å². The van der Waals surface area contributed by atoms with Crippen LogP contribution in [0.4, 0.5) is 0 Å². The molecule has 0 heterocycles. The summed E-state index contributed by atoms with van der Waals surface area (Å²) in [5.74, 6) is 0.520. The van der Waals surface area contributed by atoms with Crippen LogP contribution in [-0.2, 0) is 20.1 Å². The third kappa shape index (κ3) is 8.19. The second-order valence-corrected chi connectivity index (χ2v) is 6.39. The highest BCUT2D eigenvalue weighted by Crippen LogP contribution is 2.16. The summed E-state index contributed by atoms with van der Waals surface area (Å²) in [6.45, 7) is 3.76. The number of hydrazone groups is 1. The van der Waals surface area contributed by atoms with Gasteiger partial charge in [-0.2, -0.15) is 5.10 Å². The van der Waals surface area contributed by atoms with Gasteiger partial charge in [-0.3, -0.25) is 9.59 Å². The lowest BCUT2D eigenvalue weighted by atomic mass is 10.2. The minimum absolute atomic E-state index is 0.0826. The first-order valence-corrected chi connectivity index (χ1v) is 8.75. The molecule has 0 spiro atoms. The fraction of sp³-hybridized carbons (Fsp3) is 0.400. The van der Waals surface area contributed by atoms with Crippen molar-refractivity contribution in [1.82, 2.24) is 5.43 Å². The van der Waals surface area contributed by atoms with Crippen LogP contribution in [0.3, 0.4) is 0 Å². The van der Waals surface area contributed by atoms with E-state index >= 15 is 0 Å². The fourth-order valence-electron chi connectivity index (χ4n) is 1.54. The van der Waals surface area contributed by atoms with Crippen LogP contribution in [0.15, 0.2) is 33.8 Å². The number of nitrogens with one attached hydrogen (secondary N) is 1. The Hall–Kier alpha value is -1.34. The van der Waals surface area contributed by atoms with Crippen LogP contribution < -0.4 is 5.43 Å². The van der Waals surface area contributed by atoms with E-state index in [1.54, 1.807) is 13.8 Å². The quantitative estimate of drug-likeness (QED) is 0.423. The maximum absolute atomic E-state index is 11.7. The van der Waals surface area contributed by atoms with E-state index in [0.29, 0.717) is 18.1 Å². The molecule has 1 aromatic carbocycles. The Morgan fingerprint density at radius 2 is 2.18 bits per heavy atom. The Morgan fingerprint density at radius 3 is 2.86 bits per heavy atom. The van der Waals surface area contributed by atoms with E-state index in [0.717, 1.165) is 15.8 Å². The summed E-state index contributed by atoms with van der Waals surface area (Å²) in [6.07, 6.45) is 0.0826. The number of carbonyl (C=O) groups is 2. The van der Waals surface area contributed by atoms with Crippen molar-refractivity contribution in [2.75, 3.05) is 12.4 Å². The number of hydrogen-bond acceptors (Lipinski definition) is 5. The minimum atomic E-state index is -0.345. The zero-order valence-corrected chi connectivity index (χ0v) is 15.0. The Balaban J connectivity index is 2.27. The van der Waals surface area contributed by atoms with Gasteiger partial charge in [0, 0.05) is 15.9 Å². The topological polar surface area (TPSA) is 67.8 Å². The lowest BCUT2D eigenvalue weighted by Gasteiger charge is -2.04. The van der Waals surface area contributed by atoms with Crippen LogP contribution in [0, 0.1) is 0 Å². The molecule has 1 rings (SSSR count). The van der Waals surface area contributed by atoms with Gasteiger partial charge in [0.2, 0.25) is 5.91 Å². The van der Waals surface area contributed by atoms with Crippen molar-refractivity contribution in [3.8, 4) is 0 Å². The molecule has 0 saturated carbocycles. The van der Waals surface area contributed by atoms with E-state index in [4.69, 9.17) is 4.74 Å². The number of carbonyl (C=O) groups excluding carboxylic acids is 2. The molecule has 0 aliphatic rings. The predicted octanol–water partition coefficient (Wildman–Crippen LogP) is 3.13. The molecule has 5 nitrogen and oxygen atoms in total. The maximum atomic E-state index is 11.7. The molecule has 7 heteroatoms. The van der Waals surface area contributed by atoms with Gasteiger partial charge in [-0.15, -0.1) is 11.8 Å². The smallest absolute Gasteiger partial charge is 0.311 e. The van der Waals surface area contributed by atoms with E-state index in [9.17, 15) is 9.59 Å². The summed E-state index contributed by atoms with van der Waals surface area (Å²) in [4.78, 5) is 22.9. The van der Waals surface area contributed by atoms with Crippen LogP contribution in [0.2, 0.25) is 0 Å². The molecule has 0 unspecified atom stereocenters. The van der Waals surface area contributed by atoms with Crippen molar-refractivity contribution < 1.29 is 14.3 Å². The normalized spacial score (nSPS) is 11.1. The molecular weight excluding hydrogens is 368 g/mol. The third-order valence-corrected chi connectivity index (χ3v) is 3.96. The molecule has 1 amide bonds.